The van der Waals surface area contributed by atoms with Crippen LogP contribution in [0.3, 0.4) is 0 Å². The monoisotopic (exact) mass is 344 g/mol. The van der Waals surface area contributed by atoms with Crippen LogP contribution in [0, 0.1) is 13.8 Å². The van der Waals surface area contributed by atoms with Gasteiger partial charge in [-0.2, -0.15) is 0 Å². The van der Waals surface area contributed by atoms with Gasteiger partial charge in [0.15, 0.2) is 5.78 Å². The number of ketones is 1. The lowest BCUT2D eigenvalue weighted by Crippen LogP contribution is -2.07. The summed E-state index contributed by atoms with van der Waals surface area (Å²) in [5.41, 5.74) is 5.36. The van der Waals surface area contributed by atoms with Gasteiger partial charge in [-0.3, -0.25) is 4.79 Å². The van der Waals surface area contributed by atoms with Gasteiger partial charge in [-0.1, -0.05) is 41.7 Å². The van der Waals surface area contributed by atoms with E-state index in [9.17, 15) is 4.79 Å². The van der Waals surface area contributed by atoms with Crippen molar-refractivity contribution in [3.05, 3.63) is 52.8 Å². The average molecular weight is 345 g/mol. The van der Waals surface area contributed by atoms with E-state index in [1.165, 1.54) is 5.56 Å². The molecule has 23 heavy (non-hydrogen) atoms. The Bertz CT molecular complexity index is 777. The van der Waals surface area contributed by atoms with Crippen LogP contribution in [-0.4, -0.2) is 20.5 Å². The molecule has 3 rings (SSSR count). The summed E-state index contributed by atoms with van der Waals surface area (Å²) in [7, 11) is 0. The highest BCUT2D eigenvalue weighted by Crippen LogP contribution is 2.34. The molecule has 0 bridgehead atoms. The molecule has 0 atom stereocenters. The molecule has 5 heteroatoms. The first kappa shape index (κ1) is 16.4. The molecule has 0 unspecified atom stereocenters. The van der Waals surface area contributed by atoms with Crippen LogP contribution in [0.5, 0.6) is 0 Å². The third-order valence-electron chi connectivity index (χ3n) is 4.07. The molecule has 1 aliphatic rings. The Kier molecular flexibility index (Phi) is 4.97. The van der Waals surface area contributed by atoms with E-state index in [0.29, 0.717) is 5.75 Å². The number of thioether (sulfide) groups is 2. The lowest BCUT2D eigenvalue weighted by molar-refractivity contribution is 0.102. The van der Waals surface area contributed by atoms with Gasteiger partial charge in [0.2, 0.25) is 0 Å². The largest absolute Gasteiger partial charge is 0.349 e. The number of benzene rings is 1. The number of carbonyl (C=O) groups is 1. The van der Waals surface area contributed by atoms with Crippen LogP contribution < -0.4 is 0 Å². The van der Waals surface area contributed by atoms with E-state index >= 15 is 0 Å². The highest BCUT2D eigenvalue weighted by atomic mass is 32.2. The highest BCUT2D eigenvalue weighted by molar-refractivity contribution is 8.38. The first-order valence-corrected chi connectivity index (χ1v) is 9.69. The number of rotatable bonds is 4. The summed E-state index contributed by atoms with van der Waals surface area (Å²) in [6.07, 6.45) is 0. The number of carbonyl (C=O) groups excluding carboxylic acids is 1. The van der Waals surface area contributed by atoms with Crippen LogP contribution in [0.25, 0.3) is 0 Å². The average Bonchev–Trinajstić information content (AvgIpc) is 2.86. The first-order valence-electron chi connectivity index (χ1n) is 7.72. The number of Topliss-reactive ketones (excluding diaryl/α,β-unsaturated/α-hetero) is 1. The van der Waals surface area contributed by atoms with Crippen molar-refractivity contribution in [1.82, 2.24) is 4.57 Å². The molecule has 0 amide bonds. The van der Waals surface area contributed by atoms with E-state index in [1.807, 2.05) is 31.2 Å². The second-order valence-electron chi connectivity index (χ2n) is 5.54. The van der Waals surface area contributed by atoms with E-state index in [-0.39, 0.29) is 5.78 Å². The van der Waals surface area contributed by atoms with Crippen LogP contribution in [0.1, 0.15) is 34.2 Å². The zero-order chi connectivity index (χ0) is 16.4. The molecule has 1 aromatic carbocycles. The fourth-order valence-corrected chi connectivity index (χ4v) is 4.81. The second kappa shape index (κ2) is 6.97. The second-order valence-corrected chi connectivity index (χ2v) is 7.72. The van der Waals surface area contributed by atoms with Crippen molar-refractivity contribution in [3.8, 4) is 0 Å². The zero-order valence-electron chi connectivity index (χ0n) is 13.6. The van der Waals surface area contributed by atoms with Crippen molar-refractivity contribution in [2.45, 2.75) is 33.1 Å². The number of nitrogens with zero attached hydrogens (tertiary/aromatic N) is 2. The van der Waals surface area contributed by atoms with E-state index in [0.717, 1.165) is 39.3 Å². The number of aryl methyl sites for hydroxylation is 1. The van der Waals surface area contributed by atoms with Crippen LogP contribution in [0.2, 0.25) is 0 Å². The molecule has 3 nitrogen and oxygen atoms in total. The minimum atomic E-state index is 0.185. The molecule has 0 radical (unpaired) electrons. The standard InChI is InChI=1S/C18H20N2OS2/c1-4-20-12(2)9-15(13(20)3)17(21)11-23-18-19-16-8-6-5-7-14(16)10-22-18/h5-9H,4,10-11H2,1-3H3. The van der Waals surface area contributed by atoms with Crippen molar-refractivity contribution in [2.75, 3.05) is 5.75 Å². The van der Waals surface area contributed by atoms with Crippen molar-refractivity contribution in [1.29, 1.82) is 0 Å². The first-order chi connectivity index (χ1) is 11.1. The SMILES string of the molecule is CCn1c(C)cc(C(=O)CSC2=Nc3ccccc3CS2)c1C. The van der Waals surface area contributed by atoms with Gasteiger partial charge in [0.1, 0.15) is 4.38 Å². The molecular weight excluding hydrogens is 324 g/mol. The Morgan fingerprint density at radius 2 is 2.13 bits per heavy atom. The summed E-state index contributed by atoms with van der Waals surface area (Å²) in [6, 6.07) is 10.2. The van der Waals surface area contributed by atoms with Crippen molar-refractivity contribution < 1.29 is 4.79 Å². The summed E-state index contributed by atoms with van der Waals surface area (Å²) in [4.78, 5) is 17.2. The van der Waals surface area contributed by atoms with Crippen LogP contribution >= 0.6 is 23.5 Å². The van der Waals surface area contributed by atoms with Crippen LogP contribution in [0.15, 0.2) is 35.3 Å². The maximum atomic E-state index is 12.5. The number of aromatic nitrogens is 1. The summed E-state index contributed by atoms with van der Waals surface area (Å²) < 4.78 is 3.17. The third-order valence-corrected chi connectivity index (χ3v) is 6.32. The molecule has 2 aromatic rings. The van der Waals surface area contributed by atoms with Crippen LogP contribution in [-0.2, 0) is 12.3 Å². The molecule has 0 saturated carbocycles. The van der Waals surface area contributed by atoms with E-state index in [4.69, 9.17) is 0 Å². The van der Waals surface area contributed by atoms with Crippen molar-refractivity contribution in [3.63, 3.8) is 0 Å². The Balaban J connectivity index is 1.70. The molecule has 2 heterocycles. The Hall–Kier alpha value is -1.46. The molecule has 0 spiro atoms. The summed E-state index contributed by atoms with van der Waals surface area (Å²) >= 11 is 3.27. The van der Waals surface area contributed by atoms with Gasteiger partial charge < -0.3 is 4.57 Å². The number of hydrogen-bond acceptors (Lipinski definition) is 4. The third kappa shape index (κ3) is 3.40. The van der Waals surface area contributed by atoms with Gasteiger partial charge >= 0.3 is 0 Å². The van der Waals surface area contributed by atoms with Gasteiger partial charge in [0.25, 0.3) is 0 Å². The Morgan fingerprint density at radius 3 is 2.87 bits per heavy atom. The smallest absolute Gasteiger partial charge is 0.174 e. The van der Waals surface area contributed by atoms with E-state index in [2.05, 4.69) is 29.5 Å². The topological polar surface area (TPSA) is 34.4 Å². The van der Waals surface area contributed by atoms with E-state index < -0.39 is 0 Å². The lowest BCUT2D eigenvalue weighted by Gasteiger charge is -2.13. The maximum absolute atomic E-state index is 12.5. The minimum Gasteiger partial charge on any atom is -0.349 e. The van der Waals surface area contributed by atoms with Gasteiger partial charge in [0, 0.05) is 29.2 Å². The molecule has 120 valence electrons. The lowest BCUT2D eigenvalue weighted by atomic mass is 10.2. The predicted molar refractivity (Wildman–Crippen MR) is 101 cm³/mol. The predicted octanol–water partition coefficient (Wildman–Crippen LogP) is 4.98. The highest BCUT2D eigenvalue weighted by Gasteiger charge is 2.18. The molecule has 0 N–H and O–H groups in total. The molecule has 0 fully saturated rings. The van der Waals surface area contributed by atoms with Gasteiger partial charge in [0.05, 0.1) is 11.4 Å². The summed E-state index contributed by atoms with van der Waals surface area (Å²) in [5.74, 6) is 1.56. The molecule has 1 aromatic heterocycles. The van der Waals surface area contributed by atoms with Gasteiger partial charge in [-0.05, 0) is 38.5 Å². The maximum Gasteiger partial charge on any atom is 0.174 e. The summed E-state index contributed by atoms with van der Waals surface area (Å²) in [6.45, 7) is 7.08. The molecule has 0 saturated heterocycles. The number of hydrogen-bond donors (Lipinski definition) is 0. The van der Waals surface area contributed by atoms with Crippen LogP contribution in [0.4, 0.5) is 5.69 Å². The van der Waals surface area contributed by atoms with Gasteiger partial charge in [-0.15, -0.1) is 0 Å². The fraction of sp³-hybridized carbons (Fsp3) is 0.333. The zero-order valence-corrected chi connectivity index (χ0v) is 15.3. The molecular formula is C18H20N2OS2. The number of para-hydroxylation sites is 1. The Labute approximate surface area is 145 Å². The normalized spacial score (nSPS) is 13.6. The van der Waals surface area contributed by atoms with Gasteiger partial charge in [-0.25, -0.2) is 4.99 Å². The molecule has 1 aliphatic heterocycles. The van der Waals surface area contributed by atoms with Crippen molar-refractivity contribution >= 4 is 39.4 Å². The quantitative estimate of drug-likeness (QED) is 0.734. The minimum absolute atomic E-state index is 0.185. The number of aliphatic imine (C=N–C) groups is 1. The van der Waals surface area contributed by atoms with E-state index in [1.54, 1.807) is 23.5 Å². The Morgan fingerprint density at radius 1 is 1.35 bits per heavy atom. The fourth-order valence-electron chi connectivity index (χ4n) is 2.86. The van der Waals surface area contributed by atoms with Crippen molar-refractivity contribution in [2.24, 2.45) is 4.99 Å². The number of fused-ring (bicyclic) bond motifs is 1. The molecule has 0 aliphatic carbocycles. The summed E-state index contributed by atoms with van der Waals surface area (Å²) in [5, 5.41) is 0.